The molecule has 0 amide bonds. The summed E-state index contributed by atoms with van der Waals surface area (Å²) in [6.45, 7) is 5.64. The van der Waals surface area contributed by atoms with Gasteiger partial charge in [-0.05, 0) is 65.8 Å². The van der Waals surface area contributed by atoms with Crippen molar-refractivity contribution >= 4 is 0 Å². The Bertz CT molecular complexity index is 242. The third-order valence-electron chi connectivity index (χ3n) is 3.90. The highest BCUT2D eigenvalue weighted by atomic mass is 16.3. The van der Waals surface area contributed by atoms with Gasteiger partial charge in [-0.1, -0.05) is 51.2 Å². The Kier molecular flexibility index (Phi) is 16.7. The lowest BCUT2D eigenvalue weighted by Gasteiger charge is -2.10. The standard InChI is InChI=1S/C19H40N2O/c1-4-5-6-7-10-14-19(22)15-11-8-9-12-16-20-17-13-18-21(2)3/h7,10,19-20,22H,4-6,8-9,11-18H2,1-3H3/b10-7-. The summed E-state index contributed by atoms with van der Waals surface area (Å²) in [6.07, 6.45) is 15.8. The summed E-state index contributed by atoms with van der Waals surface area (Å²) in [7, 11) is 4.24. The number of unbranched alkanes of at least 4 members (excludes halogenated alkanes) is 5. The van der Waals surface area contributed by atoms with Crippen molar-refractivity contribution < 1.29 is 5.11 Å². The van der Waals surface area contributed by atoms with Crippen LogP contribution < -0.4 is 5.32 Å². The number of nitrogens with zero attached hydrogens (tertiary/aromatic N) is 1. The van der Waals surface area contributed by atoms with Crippen LogP contribution in [0.25, 0.3) is 0 Å². The van der Waals surface area contributed by atoms with Crippen molar-refractivity contribution in [3.05, 3.63) is 12.2 Å². The Morgan fingerprint density at radius 1 is 0.955 bits per heavy atom. The van der Waals surface area contributed by atoms with E-state index in [1.165, 1.54) is 38.5 Å². The molecule has 0 aromatic heterocycles. The van der Waals surface area contributed by atoms with E-state index in [1.807, 2.05) is 0 Å². The van der Waals surface area contributed by atoms with Crippen LogP contribution in [0.5, 0.6) is 0 Å². The number of allylic oxidation sites excluding steroid dienone is 1. The molecule has 2 N–H and O–H groups in total. The van der Waals surface area contributed by atoms with E-state index in [1.54, 1.807) is 0 Å². The molecule has 22 heavy (non-hydrogen) atoms. The summed E-state index contributed by atoms with van der Waals surface area (Å²) >= 11 is 0. The molecule has 0 saturated heterocycles. The third kappa shape index (κ3) is 17.7. The molecule has 3 heteroatoms. The Balaban J connectivity index is 3.20. The molecule has 0 aromatic carbocycles. The van der Waals surface area contributed by atoms with Crippen molar-refractivity contribution in [3.63, 3.8) is 0 Å². The van der Waals surface area contributed by atoms with Gasteiger partial charge in [0.05, 0.1) is 6.10 Å². The number of aliphatic hydroxyl groups excluding tert-OH is 1. The maximum atomic E-state index is 9.88. The van der Waals surface area contributed by atoms with E-state index < -0.39 is 0 Å². The van der Waals surface area contributed by atoms with Gasteiger partial charge in [0.2, 0.25) is 0 Å². The zero-order valence-corrected chi connectivity index (χ0v) is 15.3. The van der Waals surface area contributed by atoms with E-state index in [-0.39, 0.29) is 6.10 Å². The molecule has 0 aliphatic heterocycles. The molecule has 132 valence electrons. The van der Waals surface area contributed by atoms with Crippen molar-refractivity contribution in [2.45, 2.75) is 77.2 Å². The van der Waals surface area contributed by atoms with Crippen LogP contribution in [0.1, 0.15) is 71.1 Å². The molecular formula is C19H40N2O. The average molecular weight is 313 g/mol. The molecule has 0 radical (unpaired) electrons. The fraction of sp³-hybridized carbons (Fsp3) is 0.895. The molecule has 0 heterocycles. The largest absolute Gasteiger partial charge is 0.393 e. The van der Waals surface area contributed by atoms with Crippen LogP contribution in [0.15, 0.2) is 12.2 Å². The molecule has 3 nitrogen and oxygen atoms in total. The van der Waals surface area contributed by atoms with Gasteiger partial charge in [-0.3, -0.25) is 0 Å². The zero-order chi connectivity index (χ0) is 16.5. The van der Waals surface area contributed by atoms with E-state index in [0.717, 1.165) is 45.3 Å². The molecule has 0 aliphatic carbocycles. The van der Waals surface area contributed by atoms with Gasteiger partial charge in [0.15, 0.2) is 0 Å². The first-order valence-corrected chi connectivity index (χ1v) is 9.35. The highest BCUT2D eigenvalue weighted by Crippen LogP contribution is 2.09. The maximum Gasteiger partial charge on any atom is 0.0574 e. The molecular weight excluding hydrogens is 272 g/mol. The van der Waals surface area contributed by atoms with Gasteiger partial charge in [0.25, 0.3) is 0 Å². The van der Waals surface area contributed by atoms with Crippen LogP contribution in [0.4, 0.5) is 0 Å². The first kappa shape index (κ1) is 21.6. The smallest absolute Gasteiger partial charge is 0.0574 e. The Hall–Kier alpha value is -0.380. The summed E-state index contributed by atoms with van der Waals surface area (Å²) in [5.41, 5.74) is 0. The maximum absolute atomic E-state index is 9.88. The molecule has 1 unspecified atom stereocenters. The fourth-order valence-corrected chi connectivity index (χ4v) is 2.44. The van der Waals surface area contributed by atoms with Crippen LogP contribution in [-0.4, -0.2) is 49.8 Å². The SMILES string of the molecule is CCCC/C=C\CC(O)CCCCCCNCCCN(C)C. The van der Waals surface area contributed by atoms with Crippen molar-refractivity contribution in [1.29, 1.82) is 0 Å². The van der Waals surface area contributed by atoms with Crippen molar-refractivity contribution in [2.24, 2.45) is 0 Å². The predicted octanol–water partition coefficient (Wildman–Crippen LogP) is 3.98. The van der Waals surface area contributed by atoms with Crippen molar-refractivity contribution in [1.82, 2.24) is 10.2 Å². The van der Waals surface area contributed by atoms with Crippen LogP contribution in [0, 0.1) is 0 Å². The van der Waals surface area contributed by atoms with Crippen LogP contribution >= 0.6 is 0 Å². The first-order valence-electron chi connectivity index (χ1n) is 9.35. The lowest BCUT2D eigenvalue weighted by Crippen LogP contribution is -2.22. The predicted molar refractivity (Wildman–Crippen MR) is 98.4 cm³/mol. The van der Waals surface area contributed by atoms with Gasteiger partial charge in [-0.2, -0.15) is 0 Å². The number of hydrogen-bond acceptors (Lipinski definition) is 3. The molecule has 0 fully saturated rings. The van der Waals surface area contributed by atoms with Gasteiger partial charge in [0, 0.05) is 0 Å². The van der Waals surface area contributed by atoms with Gasteiger partial charge >= 0.3 is 0 Å². The minimum atomic E-state index is -0.137. The quantitative estimate of drug-likeness (QED) is 0.334. The molecule has 0 bridgehead atoms. The summed E-state index contributed by atoms with van der Waals surface area (Å²) in [6, 6.07) is 0. The minimum Gasteiger partial charge on any atom is -0.393 e. The minimum absolute atomic E-state index is 0.137. The van der Waals surface area contributed by atoms with Gasteiger partial charge in [0.1, 0.15) is 0 Å². The summed E-state index contributed by atoms with van der Waals surface area (Å²) in [4.78, 5) is 2.23. The molecule has 0 saturated carbocycles. The highest BCUT2D eigenvalue weighted by Gasteiger charge is 2.01. The summed E-state index contributed by atoms with van der Waals surface area (Å²) in [5, 5.41) is 13.4. The molecule has 1 atom stereocenters. The lowest BCUT2D eigenvalue weighted by molar-refractivity contribution is 0.163. The lowest BCUT2D eigenvalue weighted by atomic mass is 10.1. The number of hydrogen-bond donors (Lipinski definition) is 2. The van der Waals surface area contributed by atoms with Gasteiger partial charge in [-0.25, -0.2) is 0 Å². The van der Waals surface area contributed by atoms with Crippen LogP contribution in [0.2, 0.25) is 0 Å². The monoisotopic (exact) mass is 312 g/mol. The summed E-state index contributed by atoms with van der Waals surface area (Å²) in [5.74, 6) is 0. The van der Waals surface area contributed by atoms with E-state index in [4.69, 9.17) is 0 Å². The van der Waals surface area contributed by atoms with E-state index in [2.05, 4.69) is 43.4 Å². The first-order chi connectivity index (χ1) is 10.7. The van der Waals surface area contributed by atoms with Gasteiger partial charge in [-0.15, -0.1) is 0 Å². The Labute approximate surface area is 139 Å². The second-order valence-electron chi connectivity index (χ2n) is 6.61. The third-order valence-corrected chi connectivity index (χ3v) is 3.90. The number of aliphatic hydroxyl groups is 1. The zero-order valence-electron chi connectivity index (χ0n) is 15.3. The topological polar surface area (TPSA) is 35.5 Å². The molecule has 0 rings (SSSR count). The molecule has 0 spiro atoms. The molecule has 0 aliphatic rings. The van der Waals surface area contributed by atoms with E-state index in [9.17, 15) is 5.11 Å². The van der Waals surface area contributed by atoms with E-state index >= 15 is 0 Å². The Morgan fingerprint density at radius 3 is 2.41 bits per heavy atom. The Morgan fingerprint density at radius 2 is 1.68 bits per heavy atom. The van der Waals surface area contributed by atoms with Crippen LogP contribution in [0.3, 0.4) is 0 Å². The second kappa shape index (κ2) is 17.0. The fourth-order valence-electron chi connectivity index (χ4n) is 2.44. The van der Waals surface area contributed by atoms with Crippen LogP contribution in [-0.2, 0) is 0 Å². The second-order valence-corrected chi connectivity index (χ2v) is 6.61. The number of nitrogens with one attached hydrogen (secondary N) is 1. The highest BCUT2D eigenvalue weighted by molar-refractivity contribution is 4.83. The van der Waals surface area contributed by atoms with Crippen molar-refractivity contribution in [2.75, 3.05) is 33.7 Å². The van der Waals surface area contributed by atoms with E-state index in [0.29, 0.717) is 0 Å². The summed E-state index contributed by atoms with van der Waals surface area (Å²) < 4.78 is 0. The number of rotatable bonds is 16. The van der Waals surface area contributed by atoms with Gasteiger partial charge < -0.3 is 15.3 Å². The normalized spacial score (nSPS) is 13.3. The molecule has 0 aromatic rings. The van der Waals surface area contributed by atoms with Crippen molar-refractivity contribution in [3.8, 4) is 0 Å². The average Bonchev–Trinajstić information content (AvgIpc) is 2.48.